The van der Waals surface area contributed by atoms with Gasteiger partial charge in [-0.05, 0) is 34.0 Å². The van der Waals surface area contributed by atoms with Crippen LogP contribution >= 0.6 is 0 Å². The number of carboxylic acids is 1. The van der Waals surface area contributed by atoms with Crippen LogP contribution in [0.4, 0.5) is 4.39 Å². The fraction of sp³-hybridized carbons (Fsp3) is 0.182. The lowest BCUT2D eigenvalue weighted by Gasteiger charge is -2.17. The van der Waals surface area contributed by atoms with Gasteiger partial charge in [-0.1, -0.05) is 68.4 Å². The lowest BCUT2D eigenvalue weighted by Crippen LogP contribution is -2.08. The minimum absolute atomic E-state index is 0.0238. The van der Waals surface area contributed by atoms with Gasteiger partial charge in [0.2, 0.25) is 0 Å². The molecule has 0 aliphatic heterocycles. The van der Waals surface area contributed by atoms with Crippen molar-refractivity contribution in [1.82, 2.24) is 0 Å². The summed E-state index contributed by atoms with van der Waals surface area (Å²) in [5.41, 5.74) is 1.73. The van der Waals surface area contributed by atoms with Gasteiger partial charge < -0.3 is 5.11 Å². The number of fused-ring (bicyclic) bond motifs is 1. The van der Waals surface area contributed by atoms with Crippen LogP contribution < -0.4 is 0 Å². The van der Waals surface area contributed by atoms with Crippen LogP contribution in [0.5, 0.6) is 0 Å². The van der Waals surface area contributed by atoms with E-state index in [1.165, 1.54) is 12.1 Å². The van der Waals surface area contributed by atoms with Crippen LogP contribution in [-0.2, 0) is 4.79 Å². The molecule has 0 saturated carbocycles. The van der Waals surface area contributed by atoms with Gasteiger partial charge in [0.25, 0.3) is 0 Å². The van der Waals surface area contributed by atoms with Crippen LogP contribution in [0, 0.1) is 17.7 Å². The second-order valence-electron chi connectivity index (χ2n) is 5.31. The molecular weight excluding hydrogens is 329 g/mol. The molecule has 0 radical (unpaired) electrons. The highest BCUT2D eigenvalue weighted by Crippen LogP contribution is 2.30. The molecule has 3 aromatic rings. The summed E-state index contributed by atoms with van der Waals surface area (Å²) < 4.78 is 13.1. The predicted molar refractivity (Wildman–Crippen MR) is 102 cm³/mol. The summed E-state index contributed by atoms with van der Waals surface area (Å²) in [7, 11) is 0. The third-order valence-electron chi connectivity index (χ3n) is 3.83. The Kier molecular flexibility index (Phi) is 8.52. The van der Waals surface area contributed by atoms with Gasteiger partial charge in [-0.2, -0.15) is 0 Å². The lowest BCUT2D eigenvalue weighted by molar-refractivity contribution is -0.137. The molecule has 0 spiro atoms. The first kappa shape index (κ1) is 20.9. The molecule has 1 atom stereocenters. The summed E-state index contributed by atoms with van der Waals surface area (Å²) >= 11 is 0. The largest absolute Gasteiger partial charge is 0.481 e. The second-order valence-corrected chi connectivity index (χ2v) is 5.31. The molecule has 0 amide bonds. The summed E-state index contributed by atoms with van der Waals surface area (Å²) in [6.07, 6.45) is -0.0238. The Bertz CT molecular complexity index is 857. The molecule has 0 aliphatic carbocycles. The van der Waals surface area contributed by atoms with E-state index in [9.17, 15) is 14.3 Å². The van der Waals surface area contributed by atoms with E-state index in [1.54, 1.807) is 12.1 Å². The van der Waals surface area contributed by atoms with E-state index in [0.29, 0.717) is 0 Å². The number of carbonyl (C=O) groups is 1. The maximum atomic E-state index is 13.1. The molecule has 0 fully saturated rings. The number of hydrogen-bond donors (Lipinski definition) is 1. The first-order chi connectivity index (χ1) is 12.6. The minimum Gasteiger partial charge on any atom is -0.481 e. The fourth-order valence-electron chi connectivity index (χ4n) is 2.72. The van der Waals surface area contributed by atoms with Crippen LogP contribution in [-0.4, -0.2) is 11.1 Å². The van der Waals surface area contributed by atoms with Gasteiger partial charge in [-0.15, -0.1) is 0 Å². The predicted octanol–water partition coefficient (Wildman–Crippen LogP) is 5.75. The molecule has 26 heavy (non-hydrogen) atoms. The molecule has 0 heterocycles. The van der Waals surface area contributed by atoms with Crippen molar-refractivity contribution in [3.05, 3.63) is 83.7 Å². The third-order valence-corrected chi connectivity index (χ3v) is 3.83. The number of rotatable bonds is 4. The normalized spacial score (nSPS) is 10.7. The van der Waals surface area contributed by atoms with E-state index in [2.05, 4.69) is 6.57 Å². The number of aliphatic carboxylic acids is 1. The molecule has 3 nitrogen and oxygen atoms in total. The molecule has 0 aliphatic rings. The van der Waals surface area contributed by atoms with Crippen molar-refractivity contribution < 1.29 is 14.3 Å². The molecule has 0 saturated heterocycles. The molecule has 0 aromatic heterocycles. The van der Waals surface area contributed by atoms with Gasteiger partial charge in [0, 0.05) is 12.5 Å². The first-order valence-electron chi connectivity index (χ1n) is 8.35. The first-order valence-corrected chi connectivity index (χ1v) is 8.35. The number of benzene rings is 3. The molecular formula is C22H22FNO2. The van der Waals surface area contributed by atoms with Gasteiger partial charge in [-0.3, -0.25) is 4.79 Å². The molecule has 0 bridgehead atoms. The zero-order chi connectivity index (χ0) is 19.5. The summed E-state index contributed by atoms with van der Waals surface area (Å²) in [6, 6.07) is 19.9. The highest BCUT2D eigenvalue weighted by molar-refractivity contribution is 5.83. The van der Waals surface area contributed by atoms with Gasteiger partial charge in [0.1, 0.15) is 5.82 Å². The number of nitriles is 1. The van der Waals surface area contributed by atoms with Gasteiger partial charge in [-0.25, -0.2) is 9.65 Å². The molecule has 4 heteroatoms. The maximum absolute atomic E-state index is 13.1. The molecule has 134 valence electrons. The Hall–Kier alpha value is -3.19. The minimum atomic E-state index is -0.873. The Morgan fingerprint density at radius 3 is 2.08 bits per heavy atom. The average Bonchev–Trinajstić information content (AvgIpc) is 2.69. The summed E-state index contributed by atoms with van der Waals surface area (Å²) in [5, 5.41) is 17.9. The maximum Gasteiger partial charge on any atom is 0.304 e. The summed E-state index contributed by atoms with van der Waals surface area (Å²) in [5.74, 6) is -1.48. The monoisotopic (exact) mass is 351 g/mol. The van der Waals surface area contributed by atoms with Crippen LogP contribution in [0.3, 0.4) is 0 Å². The lowest BCUT2D eigenvalue weighted by atomic mass is 9.87. The molecule has 1 N–H and O–H groups in total. The highest BCUT2D eigenvalue weighted by Gasteiger charge is 2.18. The van der Waals surface area contributed by atoms with E-state index in [4.69, 9.17) is 5.26 Å². The smallest absolute Gasteiger partial charge is 0.304 e. The second kappa shape index (κ2) is 10.6. The van der Waals surface area contributed by atoms with Gasteiger partial charge >= 0.3 is 5.97 Å². The van der Waals surface area contributed by atoms with Gasteiger partial charge in [0.15, 0.2) is 0 Å². The standard InChI is InChI=1S/C19H15FO2.C2H6.CHN/c20-17-9-7-14(8-10-17)18(12-19(21)22)16-6-5-13-3-1-2-4-15(13)11-16;2*1-2/h1-11,18H,12H2,(H,21,22);1-2H3;1H/t18-;;/m1../s1. The van der Waals surface area contributed by atoms with Crippen LogP contribution in [0.25, 0.3) is 10.8 Å². The Morgan fingerprint density at radius 2 is 1.50 bits per heavy atom. The van der Waals surface area contributed by atoms with E-state index >= 15 is 0 Å². The van der Waals surface area contributed by atoms with E-state index in [0.717, 1.165) is 21.9 Å². The Balaban J connectivity index is 0.000000791. The van der Waals surface area contributed by atoms with Gasteiger partial charge in [0.05, 0.1) is 6.42 Å². The zero-order valence-corrected chi connectivity index (χ0v) is 14.9. The number of hydrogen-bond acceptors (Lipinski definition) is 2. The molecule has 0 unspecified atom stereocenters. The van der Waals surface area contributed by atoms with Crippen molar-refractivity contribution in [2.45, 2.75) is 26.2 Å². The van der Waals surface area contributed by atoms with Crippen molar-refractivity contribution in [1.29, 1.82) is 5.26 Å². The van der Waals surface area contributed by atoms with Crippen LogP contribution in [0.1, 0.15) is 37.3 Å². The van der Waals surface area contributed by atoms with Crippen molar-refractivity contribution in [2.75, 3.05) is 0 Å². The zero-order valence-electron chi connectivity index (χ0n) is 14.9. The van der Waals surface area contributed by atoms with Crippen molar-refractivity contribution in [2.24, 2.45) is 0 Å². The SMILES string of the molecule is C#N.CC.O=C(O)C[C@H](c1ccc(F)cc1)c1ccc2ccccc2c1. The number of nitrogens with zero attached hydrogens (tertiary/aromatic N) is 1. The third kappa shape index (κ3) is 5.42. The fourth-order valence-corrected chi connectivity index (χ4v) is 2.72. The Morgan fingerprint density at radius 1 is 0.962 bits per heavy atom. The van der Waals surface area contributed by atoms with E-state index in [-0.39, 0.29) is 18.2 Å². The van der Waals surface area contributed by atoms with E-state index < -0.39 is 5.97 Å². The van der Waals surface area contributed by atoms with Crippen LogP contribution in [0.15, 0.2) is 66.7 Å². The number of carboxylic acid groups (broad SMARTS) is 1. The van der Waals surface area contributed by atoms with Crippen molar-refractivity contribution >= 4 is 16.7 Å². The van der Waals surface area contributed by atoms with Crippen LogP contribution in [0.2, 0.25) is 0 Å². The summed E-state index contributed by atoms with van der Waals surface area (Å²) in [4.78, 5) is 11.2. The summed E-state index contributed by atoms with van der Waals surface area (Å²) in [6.45, 7) is 7.50. The average molecular weight is 351 g/mol. The molecule has 3 rings (SSSR count). The highest BCUT2D eigenvalue weighted by atomic mass is 19.1. The quantitative estimate of drug-likeness (QED) is 0.651. The molecule has 3 aromatic carbocycles. The van der Waals surface area contributed by atoms with Crippen molar-refractivity contribution in [3.63, 3.8) is 0 Å². The van der Waals surface area contributed by atoms with E-state index in [1.807, 2.05) is 56.3 Å². The number of halogens is 1. The Labute approximate surface area is 153 Å². The topological polar surface area (TPSA) is 61.1 Å². The van der Waals surface area contributed by atoms with Crippen molar-refractivity contribution in [3.8, 4) is 6.57 Å².